The lowest BCUT2D eigenvalue weighted by Gasteiger charge is -2.44. The van der Waals surface area contributed by atoms with Gasteiger partial charge in [-0.1, -0.05) is 32.9 Å². The molecular formula is C30H46N4O3. The van der Waals surface area contributed by atoms with E-state index in [1.807, 2.05) is 13.8 Å². The minimum atomic E-state index is -0.921. The van der Waals surface area contributed by atoms with Crippen LogP contribution in [-0.2, 0) is 22.4 Å². The van der Waals surface area contributed by atoms with Gasteiger partial charge in [0.25, 0.3) is 0 Å². The lowest BCUT2D eigenvalue weighted by atomic mass is 9.98. The van der Waals surface area contributed by atoms with Gasteiger partial charge in [0.05, 0.1) is 36.3 Å². The van der Waals surface area contributed by atoms with Gasteiger partial charge in [-0.05, 0) is 63.1 Å². The Kier molecular flexibility index (Phi) is 9.11. The van der Waals surface area contributed by atoms with Gasteiger partial charge in [-0.15, -0.1) is 0 Å². The number of rotatable bonds is 9. The van der Waals surface area contributed by atoms with E-state index in [1.165, 1.54) is 16.9 Å². The fraction of sp³-hybridized carbons (Fsp3) is 0.633. The van der Waals surface area contributed by atoms with Crippen molar-refractivity contribution in [2.75, 3.05) is 62.8 Å². The van der Waals surface area contributed by atoms with E-state index in [0.717, 1.165) is 63.7 Å². The number of likely N-dealkylation sites (N-methyl/N-ethyl adjacent to an activating group) is 1. The van der Waals surface area contributed by atoms with Gasteiger partial charge in [0.1, 0.15) is 6.10 Å². The van der Waals surface area contributed by atoms with Crippen molar-refractivity contribution in [1.29, 1.82) is 0 Å². The topological polar surface area (TPSA) is 61.3 Å². The molecule has 1 N–H and O–H groups in total. The third-order valence-electron chi connectivity index (χ3n) is 7.51. The first-order valence-corrected chi connectivity index (χ1v) is 13.9. The van der Waals surface area contributed by atoms with Gasteiger partial charge in [-0.3, -0.25) is 9.88 Å². The average Bonchev–Trinajstić information content (AvgIpc) is 2.88. The van der Waals surface area contributed by atoms with Crippen LogP contribution in [0, 0.1) is 0 Å². The molecule has 2 aliphatic rings. The molecule has 0 amide bonds. The number of nitrogens with zero attached hydrogens (tertiary/aromatic N) is 4. The first-order valence-electron chi connectivity index (χ1n) is 13.9. The standard InChI is InChI=1S/C30H46N4O3/c1-7-23-8-10-24(11-9-23)34-19-25(37-29(21-34)30(4,5)35)18-32(6)20-27-28(33-14-16-36-17-15-33)13-12-26(31-27)22(2)3/h8-13,22,25,29,35H,7,14-21H2,1-6H3/t25?,29-/m0/s1. The van der Waals surface area contributed by atoms with Crippen molar-refractivity contribution in [2.24, 2.45) is 0 Å². The number of hydrogen-bond acceptors (Lipinski definition) is 7. The van der Waals surface area contributed by atoms with E-state index >= 15 is 0 Å². The number of aryl methyl sites for hydroxylation is 1. The first kappa shape index (κ1) is 27.8. The van der Waals surface area contributed by atoms with Gasteiger partial charge in [-0.25, -0.2) is 0 Å². The molecule has 1 unspecified atom stereocenters. The highest BCUT2D eigenvalue weighted by Crippen LogP contribution is 2.28. The molecule has 2 saturated heterocycles. The van der Waals surface area contributed by atoms with Crippen LogP contribution < -0.4 is 9.80 Å². The van der Waals surface area contributed by atoms with Gasteiger partial charge in [0.2, 0.25) is 0 Å². The van der Waals surface area contributed by atoms with E-state index in [9.17, 15) is 5.11 Å². The second-order valence-corrected chi connectivity index (χ2v) is 11.5. The van der Waals surface area contributed by atoms with Crippen molar-refractivity contribution in [3.8, 4) is 0 Å². The highest BCUT2D eigenvalue weighted by molar-refractivity contribution is 5.52. The third-order valence-corrected chi connectivity index (χ3v) is 7.51. The number of hydrogen-bond donors (Lipinski definition) is 1. The molecule has 2 aromatic rings. The Hall–Kier alpha value is -2.19. The molecule has 2 atom stereocenters. The number of aromatic nitrogens is 1. The normalized spacial score (nSPS) is 21.2. The molecule has 37 heavy (non-hydrogen) atoms. The molecular weight excluding hydrogens is 464 g/mol. The molecule has 2 fully saturated rings. The Morgan fingerprint density at radius 1 is 1.05 bits per heavy atom. The molecule has 0 bridgehead atoms. The lowest BCUT2D eigenvalue weighted by Crippen LogP contribution is -2.57. The van der Waals surface area contributed by atoms with Crippen LogP contribution in [0.25, 0.3) is 0 Å². The van der Waals surface area contributed by atoms with E-state index in [1.54, 1.807) is 0 Å². The van der Waals surface area contributed by atoms with Gasteiger partial charge >= 0.3 is 0 Å². The predicted octanol–water partition coefficient (Wildman–Crippen LogP) is 4.08. The van der Waals surface area contributed by atoms with E-state index < -0.39 is 5.60 Å². The fourth-order valence-corrected chi connectivity index (χ4v) is 5.19. The summed E-state index contributed by atoms with van der Waals surface area (Å²) >= 11 is 0. The van der Waals surface area contributed by atoms with Crippen LogP contribution in [0.5, 0.6) is 0 Å². The summed E-state index contributed by atoms with van der Waals surface area (Å²) in [6.45, 7) is 16.5. The second-order valence-electron chi connectivity index (χ2n) is 11.5. The molecule has 0 spiro atoms. The zero-order valence-corrected chi connectivity index (χ0v) is 23.6. The van der Waals surface area contributed by atoms with Gasteiger partial charge in [0, 0.05) is 50.6 Å². The Labute approximate surface area is 223 Å². The van der Waals surface area contributed by atoms with Crippen molar-refractivity contribution in [3.05, 3.63) is 53.3 Å². The fourth-order valence-electron chi connectivity index (χ4n) is 5.19. The quantitative estimate of drug-likeness (QED) is 0.545. The van der Waals surface area contributed by atoms with Gasteiger partial charge in [0.15, 0.2) is 0 Å². The third kappa shape index (κ3) is 7.23. The van der Waals surface area contributed by atoms with Gasteiger partial charge < -0.3 is 24.4 Å². The molecule has 1 aromatic heterocycles. The zero-order valence-electron chi connectivity index (χ0n) is 23.6. The van der Waals surface area contributed by atoms with E-state index in [4.69, 9.17) is 14.5 Å². The maximum absolute atomic E-state index is 10.8. The number of anilines is 2. The highest BCUT2D eigenvalue weighted by Gasteiger charge is 2.37. The Morgan fingerprint density at radius 2 is 1.76 bits per heavy atom. The Balaban J connectivity index is 1.50. The molecule has 3 heterocycles. The molecule has 2 aliphatic heterocycles. The van der Waals surface area contributed by atoms with Crippen molar-refractivity contribution >= 4 is 11.4 Å². The van der Waals surface area contributed by atoms with Crippen LogP contribution in [0.15, 0.2) is 36.4 Å². The van der Waals surface area contributed by atoms with Crippen LogP contribution in [-0.4, -0.2) is 85.8 Å². The molecule has 7 nitrogen and oxygen atoms in total. The highest BCUT2D eigenvalue weighted by atomic mass is 16.5. The van der Waals surface area contributed by atoms with Crippen molar-refractivity contribution in [1.82, 2.24) is 9.88 Å². The summed E-state index contributed by atoms with van der Waals surface area (Å²) in [6.07, 6.45) is 0.736. The molecule has 0 aliphatic carbocycles. The molecule has 7 heteroatoms. The van der Waals surface area contributed by atoms with Crippen LogP contribution in [0.3, 0.4) is 0 Å². The maximum atomic E-state index is 10.8. The Bertz CT molecular complexity index is 999. The predicted molar refractivity (Wildman–Crippen MR) is 151 cm³/mol. The molecule has 0 saturated carbocycles. The SMILES string of the molecule is CCc1ccc(N2CC(CN(C)Cc3nc(C(C)C)ccc3N3CCOCC3)O[C@H](C(C)(C)O)C2)cc1. The number of ether oxygens (including phenoxy) is 2. The summed E-state index contributed by atoms with van der Waals surface area (Å²) in [4.78, 5) is 12.2. The molecule has 204 valence electrons. The zero-order chi connectivity index (χ0) is 26.6. The smallest absolute Gasteiger partial charge is 0.104 e. The summed E-state index contributed by atoms with van der Waals surface area (Å²) in [5.74, 6) is 0.379. The van der Waals surface area contributed by atoms with Crippen molar-refractivity contribution in [2.45, 2.75) is 71.3 Å². The van der Waals surface area contributed by atoms with Gasteiger partial charge in [-0.2, -0.15) is 0 Å². The minimum absolute atomic E-state index is 0.0267. The monoisotopic (exact) mass is 510 g/mol. The maximum Gasteiger partial charge on any atom is 0.104 e. The summed E-state index contributed by atoms with van der Waals surface area (Å²) in [7, 11) is 2.14. The number of pyridine rings is 1. The Morgan fingerprint density at radius 3 is 2.38 bits per heavy atom. The summed E-state index contributed by atoms with van der Waals surface area (Å²) in [5, 5.41) is 10.8. The van der Waals surface area contributed by atoms with E-state index in [2.05, 4.69) is 78.9 Å². The summed E-state index contributed by atoms with van der Waals surface area (Å²) in [6, 6.07) is 13.2. The summed E-state index contributed by atoms with van der Waals surface area (Å²) < 4.78 is 12.1. The van der Waals surface area contributed by atoms with Crippen molar-refractivity contribution < 1.29 is 14.6 Å². The minimum Gasteiger partial charge on any atom is -0.388 e. The molecule has 1 aromatic carbocycles. The van der Waals surface area contributed by atoms with Crippen LogP contribution in [0.4, 0.5) is 11.4 Å². The van der Waals surface area contributed by atoms with Crippen LogP contribution in [0.1, 0.15) is 57.5 Å². The van der Waals surface area contributed by atoms with Crippen molar-refractivity contribution in [3.63, 3.8) is 0 Å². The van der Waals surface area contributed by atoms with E-state index in [0.29, 0.717) is 12.5 Å². The largest absolute Gasteiger partial charge is 0.388 e. The van der Waals surface area contributed by atoms with Crippen LogP contribution in [0.2, 0.25) is 0 Å². The number of morpholine rings is 2. The molecule has 4 rings (SSSR count). The molecule has 0 radical (unpaired) electrons. The van der Waals surface area contributed by atoms with Crippen LogP contribution >= 0.6 is 0 Å². The first-order chi connectivity index (χ1) is 17.6. The number of aliphatic hydroxyl groups is 1. The average molecular weight is 511 g/mol. The van der Waals surface area contributed by atoms with E-state index in [-0.39, 0.29) is 12.2 Å². The summed E-state index contributed by atoms with van der Waals surface area (Å²) in [5.41, 5.74) is 5.03. The second kappa shape index (κ2) is 12.1. The lowest BCUT2D eigenvalue weighted by molar-refractivity contribution is -0.129. The number of benzene rings is 1.